The molecule has 1 aliphatic rings. The molecule has 1 saturated carbocycles. The van der Waals surface area contributed by atoms with Crippen molar-refractivity contribution < 1.29 is 0 Å². The van der Waals surface area contributed by atoms with Crippen molar-refractivity contribution in [3.63, 3.8) is 0 Å². The van der Waals surface area contributed by atoms with Crippen molar-refractivity contribution in [2.24, 2.45) is 11.8 Å². The molecule has 2 rings (SSSR count). The van der Waals surface area contributed by atoms with Crippen molar-refractivity contribution in [2.45, 2.75) is 33.2 Å². The highest BCUT2D eigenvalue weighted by atomic mass is 32.1. The summed E-state index contributed by atoms with van der Waals surface area (Å²) in [5.74, 6) is 1.80. The molecule has 1 aromatic rings. The van der Waals surface area contributed by atoms with E-state index in [1.54, 1.807) is 4.88 Å². The molecule has 3 atom stereocenters. The number of hydrogen-bond acceptors (Lipinski definition) is 2. The standard InChI is InChI=1S/C12H19NS/c1-4-13-11(10-7-9(10)3)12-8(2)5-6-14-12/h5-6,9-11,13H,4,7H2,1-3H3. The first-order chi connectivity index (χ1) is 6.74. The molecule has 0 saturated heterocycles. The summed E-state index contributed by atoms with van der Waals surface area (Å²) in [5.41, 5.74) is 1.46. The molecule has 2 heteroatoms. The molecule has 14 heavy (non-hydrogen) atoms. The van der Waals surface area contributed by atoms with E-state index in [9.17, 15) is 0 Å². The Morgan fingerprint density at radius 1 is 1.64 bits per heavy atom. The zero-order valence-corrected chi connectivity index (χ0v) is 10.0. The number of thiophene rings is 1. The Kier molecular flexibility index (Phi) is 2.93. The number of rotatable bonds is 4. The fourth-order valence-corrected chi connectivity index (χ4v) is 3.25. The van der Waals surface area contributed by atoms with Crippen LogP contribution in [0.5, 0.6) is 0 Å². The Balaban J connectivity index is 2.14. The van der Waals surface area contributed by atoms with Crippen LogP contribution in [0.2, 0.25) is 0 Å². The molecule has 1 fully saturated rings. The van der Waals surface area contributed by atoms with Gasteiger partial charge in [-0.25, -0.2) is 0 Å². The second kappa shape index (κ2) is 4.03. The van der Waals surface area contributed by atoms with Gasteiger partial charge >= 0.3 is 0 Å². The van der Waals surface area contributed by atoms with Gasteiger partial charge in [-0.2, -0.15) is 0 Å². The van der Waals surface area contributed by atoms with Crippen molar-refractivity contribution in [3.05, 3.63) is 21.9 Å². The molecule has 0 aromatic carbocycles. The van der Waals surface area contributed by atoms with Gasteiger partial charge in [0.05, 0.1) is 0 Å². The first-order valence-electron chi connectivity index (χ1n) is 5.51. The van der Waals surface area contributed by atoms with Crippen LogP contribution < -0.4 is 5.32 Å². The first kappa shape index (κ1) is 10.2. The fraction of sp³-hybridized carbons (Fsp3) is 0.667. The summed E-state index contributed by atoms with van der Waals surface area (Å²) >= 11 is 1.91. The van der Waals surface area contributed by atoms with Gasteiger partial charge in [-0.3, -0.25) is 0 Å². The van der Waals surface area contributed by atoms with Crippen molar-refractivity contribution in [3.8, 4) is 0 Å². The first-order valence-corrected chi connectivity index (χ1v) is 6.39. The van der Waals surface area contributed by atoms with Crippen LogP contribution in [-0.2, 0) is 0 Å². The molecule has 1 N–H and O–H groups in total. The van der Waals surface area contributed by atoms with Gasteiger partial charge in [-0.1, -0.05) is 13.8 Å². The smallest absolute Gasteiger partial charge is 0.0448 e. The Hall–Kier alpha value is -0.340. The molecular weight excluding hydrogens is 190 g/mol. The summed E-state index contributed by atoms with van der Waals surface area (Å²) in [6.07, 6.45) is 1.40. The second-order valence-electron chi connectivity index (χ2n) is 4.38. The van der Waals surface area contributed by atoms with E-state index < -0.39 is 0 Å². The Morgan fingerprint density at radius 2 is 2.36 bits per heavy atom. The number of nitrogens with one attached hydrogen (secondary N) is 1. The van der Waals surface area contributed by atoms with Gasteiger partial charge < -0.3 is 5.32 Å². The van der Waals surface area contributed by atoms with Gasteiger partial charge in [0.25, 0.3) is 0 Å². The molecule has 3 unspecified atom stereocenters. The van der Waals surface area contributed by atoms with Gasteiger partial charge in [0.1, 0.15) is 0 Å². The molecule has 78 valence electrons. The van der Waals surface area contributed by atoms with Crippen molar-refractivity contribution in [1.82, 2.24) is 5.32 Å². The lowest BCUT2D eigenvalue weighted by Crippen LogP contribution is -2.22. The lowest BCUT2D eigenvalue weighted by Gasteiger charge is -2.17. The van der Waals surface area contributed by atoms with Crippen LogP contribution in [0.3, 0.4) is 0 Å². The monoisotopic (exact) mass is 209 g/mol. The summed E-state index contributed by atoms with van der Waals surface area (Å²) in [7, 11) is 0. The maximum absolute atomic E-state index is 3.63. The lowest BCUT2D eigenvalue weighted by molar-refractivity contribution is 0.481. The Labute approximate surface area is 90.5 Å². The van der Waals surface area contributed by atoms with Crippen LogP contribution in [0.1, 0.15) is 36.8 Å². The minimum Gasteiger partial charge on any atom is -0.309 e. The molecule has 0 radical (unpaired) electrons. The molecular formula is C12H19NS. The van der Waals surface area contributed by atoms with Crippen molar-refractivity contribution >= 4 is 11.3 Å². The van der Waals surface area contributed by atoms with Gasteiger partial charge in [-0.05, 0) is 48.7 Å². The molecule has 0 amide bonds. The maximum atomic E-state index is 3.63. The zero-order valence-electron chi connectivity index (χ0n) is 9.21. The second-order valence-corrected chi connectivity index (χ2v) is 5.33. The zero-order chi connectivity index (χ0) is 10.1. The van der Waals surface area contributed by atoms with Crippen LogP contribution in [0.25, 0.3) is 0 Å². The molecule has 1 aliphatic carbocycles. The molecule has 0 bridgehead atoms. The highest BCUT2D eigenvalue weighted by Crippen LogP contribution is 2.48. The average Bonchev–Trinajstić information content (AvgIpc) is 2.71. The Morgan fingerprint density at radius 3 is 2.79 bits per heavy atom. The summed E-state index contributed by atoms with van der Waals surface area (Å²) in [6, 6.07) is 2.85. The molecule has 1 aromatic heterocycles. The van der Waals surface area contributed by atoms with E-state index in [0.717, 1.165) is 18.4 Å². The lowest BCUT2D eigenvalue weighted by atomic mass is 10.1. The highest BCUT2D eigenvalue weighted by molar-refractivity contribution is 7.10. The van der Waals surface area contributed by atoms with E-state index in [4.69, 9.17) is 0 Å². The van der Waals surface area contributed by atoms with Crippen LogP contribution in [0, 0.1) is 18.8 Å². The van der Waals surface area contributed by atoms with Crippen molar-refractivity contribution in [1.29, 1.82) is 0 Å². The summed E-state index contributed by atoms with van der Waals surface area (Å²) in [6.45, 7) is 7.86. The molecule has 1 heterocycles. The third kappa shape index (κ3) is 1.86. The third-order valence-electron chi connectivity index (χ3n) is 3.21. The Bertz CT molecular complexity index is 305. The predicted octanol–water partition coefficient (Wildman–Crippen LogP) is 3.36. The van der Waals surface area contributed by atoms with Crippen LogP contribution in [-0.4, -0.2) is 6.54 Å². The minimum absolute atomic E-state index is 0.620. The van der Waals surface area contributed by atoms with Gasteiger partial charge in [-0.15, -0.1) is 11.3 Å². The number of aryl methyl sites for hydroxylation is 1. The third-order valence-corrected chi connectivity index (χ3v) is 4.31. The summed E-state index contributed by atoms with van der Waals surface area (Å²) < 4.78 is 0. The molecule has 0 spiro atoms. The normalized spacial score (nSPS) is 27.6. The van der Waals surface area contributed by atoms with E-state index in [1.165, 1.54) is 12.0 Å². The predicted molar refractivity (Wildman–Crippen MR) is 62.7 cm³/mol. The van der Waals surface area contributed by atoms with E-state index in [2.05, 4.69) is 37.5 Å². The van der Waals surface area contributed by atoms with Gasteiger partial charge in [0, 0.05) is 10.9 Å². The van der Waals surface area contributed by atoms with E-state index >= 15 is 0 Å². The van der Waals surface area contributed by atoms with Gasteiger partial charge in [0.2, 0.25) is 0 Å². The van der Waals surface area contributed by atoms with Gasteiger partial charge in [0.15, 0.2) is 0 Å². The van der Waals surface area contributed by atoms with Crippen LogP contribution in [0.15, 0.2) is 11.4 Å². The quantitative estimate of drug-likeness (QED) is 0.801. The van der Waals surface area contributed by atoms with Crippen LogP contribution in [0.4, 0.5) is 0 Å². The summed E-state index contributed by atoms with van der Waals surface area (Å²) in [5, 5.41) is 5.84. The summed E-state index contributed by atoms with van der Waals surface area (Å²) in [4.78, 5) is 1.56. The largest absolute Gasteiger partial charge is 0.309 e. The molecule has 0 aliphatic heterocycles. The maximum Gasteiger partial charge on any atom is 0.0448 e. The van der Waals surface area contributed by atoms with E-state index in [1.807, 2.05) is 11.3 Å². The number of hydrogen-bond donors (Lipinski definition) is 1. The fourth-order valence-electron chi connectivity index (χ4n) is 2.18. The van der Waals surface area contributed by atoms with E-state index in [0.29, 0.717) is 6.04 Å². The highest BCUT2D eigenvalue weighted by Gasteiger charge is 2.40. The average molecular weight is 209 g/mol. The minimum atomic E-state index is 0.620. The van der Waals surface area contributed by atoms with Crippen molar-refractivity contribution in [2.75, 3.05) is 6.54 Å². The van der Waals surface area contributed by atoms with Crippen LogP contribution >= 0.6 is 11.3 Å². The van der Waals surface area contributed by atoms with E-state index in [-0.39, 0.29) is 0 Å². The SMILES string of the molecule is CCNC(c1sccc1C)C1CC1C. The molecule has 1 nitrogen and oxygen atoms in total. The topological polar surface area (TPSA) is 12.0 Å².